The molecule has 0 radical (unpaired) electrons. The second-order valence-electron chi connectivity index (χ2n) is 6.04. The third-order valence-electron chi connectivity index (χ3n) is 3.99. The predicted octanol–water partition coefficient (Wildman–Crippen LogP) is 3.14. The number of aliphatic imine (C=N–C) groups is 1. The Balaban J connectivity index is 0.00000529. The Morgan fingerprint density at radius 2 is 1.92 bits per heavy atom. The van der Waals surface area contributed by atoms with Crippen molar-refractivity contribution in [1.29, 1.82) is 0 Å². The molecule has 0 saturated heterocycles. The summed E-state index contributed by atoms with van der Waals surface area (Å²) in [5.74, 6) is 2.17. The molecule has 0 aliphatic heterocycles. The molecule has 142 valence electrons. The number of hydrogen-bond donors (Lipinski definition) is 3. The van der Waals surface area contributed by atoms with Gasteiger partial charge >= 0.3 is 0 Å². The quantitative estimate of drug-likeness (QED) is 0.199. The number of nitrogens with zero attached hydrogens (tertiary/aromatic N) is 1. The maximum atomic E-state index is 12.0. The lowest BCUT2D eigenvalue weighted by molar-refractivity contribution is -0.121. The molecule has 7 heteroatoms. The van der Waals surface area contributed by atoms with Crippen molar-refractivity contribution in [2.24, 2.45) is 4.99 Å². The Hall–Kier alpha value is -0.180. The van der Waals surface area contributed by atoms with Gasteiger partial charge in [-0.15, -0.1) is 24.0 Å². The van der Waals surface area contributed by atoms with Gasteiger partial charge in [0.2, 0.25) is 5.91 Å². The minimum absolute atomic E-state index is 0. The van der Waals surface area contributed by atoms with Gasteiger partial charge in [0.05, 0.1) is 0 Å². The molecule has 1 rings (SSSR count). The third-order valence-corrected chi connectivity index (χ3v) is 4.68. The maximum Gasteiger partial charge on any atom is 0.221 e. The summed E-state index contributed by atoms with van der Waals surface area (Å²) in [6, 6.07) is 0.398. The average molecular weight is 470 g/mol. The number of halogens is 1. The smallest absolute Gasteiger partial charge is 0.221 e. The van der Waals surface area contributed by atoms with Crippen LogP contribution < -0.4 is 16.0 Å². The molecule has 0 spiro atoms. The first-order valence-corrected chi connectivity index (χ1v) is 10.5. The highest BCUT2D eigenvalue weighted by Gasteiger charge is 2.15. The molecule has 1 saturated carbocycles. The zero-order valence-electron chi connectivity index (χ0n) is 15.2. The highest BCUT2D eigenvalue weighted by atomic mass is 127. The highest BCUT2D eigenvalue weighted by molar-refractivity contribution is 14.0. The van der Waals surface area contributed by atoms with Gasteiger partial charge in [-0.3, -0.25) is 9.79 Å². The van der Waals surface area contributed by atoms with E-state index in [-0.39, 0.29) is 29.9 Å². The number of carbonyl (C=O) groups is 1. The molecule has 0 unspecified atom stereocenters. The molecule has 0 aromatic rings. The van der Waals surface area contributed by atoms with Gasteiger partial charge in [-0.05, 0) is 44.6 Å². The molecule has 1 aliphatic carbocycles. The first-order valence-electron chi connectivity index (χ1n) is 9.06. The normalized spacial score (nSPS) is 15.5. The van der Waals surface area contributed by atoms with E-state index in [0.29, 0.717) is 19.0 Å². The summed E-state index contributed by atoms with van der Waals surface area (Å²) >= 11 is 1.88. The largest absolute Gasteiger partial charge is 0.357 e. The van der Waals surface area contributed by atoms with E-state index < -0.39 is 0 Å². The summed E-state index contributed by atoms with van der Waals surface area (Å²) in [5.41, 5.74) is 0. The third kappa shape index (κ3) is 12.2. The summed E-state index contributed by atoms with van der Waals surface area (Å²) in [5, 5.41) is 9.63. The monoisotopic (exact) mass is 470 g/mol. The number of carbonyl (C=O) groups excluding carboxylic acids is 1. The van der Waals surface area contributed by atoms with Crippen LogP contribution in [0.15, 0.2) is 4.99 Å². The summed E-state index contributed by atoms with van der Waals surface area (Å²) in [7, 11) is 0. The lowest BCUT2D eigenvalue weighted by Gasteiger charge is -2.22. The maximum absolute atomic E-state index is 12.0. The van der Waals surface area contributed by atoms with Gasteiger partial charge in [0.25, 0.3) is 0 Å². The van der Waals surface area contributed by atoms with Gasteiger partial charge in [-0.2, -0.15) is 11.8 Å². The Kier molecular flexibility index (Phi) is 16.2. The van der Waals surface area contributed by atoms with Crippen LogP contribution in [0.5, 0.6) is 0 Å². The fourth-order valence-electron chi connectivity index (χ4n) is 2.73. The van der Waals surface area contributed by atoms with Crippen LogP contribution in [0.1, 0.15) is 58.3 Å². The van der Waals surface area contributed by atoms with E-state index in [1.807, 2.05) is 11.8 Å². The van der Waals surface area contributed by atoms with Crippen molar-refractivity contribution in [2.75, 3.05) is 31.6 Å². The van der Waals surface area contributed by atoms with Gasteiger partial charge < -0.3 is 16.0 Å². The van der Waals surface area contributed by atoms with E-state index in [0.717, 1.165) is 38.3 Å². The molecule has 0 atom stereocenters. The van der Waals surface area contributed by atoms with Crippen LogP contribution in [-0.4, -0.2) is 49.6 Å². The Labute approximate surface area is 169 Å². The van der Waals surface area contributed by atoms with Gasteiger partial charge in [0.1, 0.15) is 0 Å². The summed E-state index contributed by atoms with van der Waals surface area (Å²) in [6.45, 7) is 4.37. The first-order chi connectivity index (χ1) is 11.3. The molecule has 3 N–H and O–H groups in total. The zero-order valence-corrected chi connectivity index (χ0v) is 18.4. The number of rotatable bonds is 10. The molecule has 0 bridgehead atoms. The first kappa shape index (κ1) is 23.8. The molecule has 24 heavy (non-hydrogen) atoms. The molecule has 1 amide bonds. The molecule has 1 fully saturated rings. The number of unbranched alkanes of at least 4 members (excludes halogenated alkanes) is 1. The molecule has 1 aliphatic rings. The van der Waals surface area contributed by atoms with Gasteiger partial charge in [0, 0.05) is 32.1 Å². The van der Waals surface area contributed by atoms with E-state index in [4.69, 9.17) is 0 Å². The van der Waals surface area contributed by atoms with Crippen LogP contribution in [0.2, 0.25) is 0 Å². The van der Waals surface area contributed by atoms with Gasteiger partial charge in [0.15, 0.2) is 5.96 Å². The van der Waals surface area contributed by atoms with Gasteiger partial charge in [-0.1, -0.05) is 19.3 Å². The zero-order chi connectivity index (χ0) is 16.8. The summed E-state index contributed by atoms with van der Waals surface area (Å²) in [6.07, 6.45) is 11.0. The number of thioether (sulfide) groups is 1. The molecular weight excluding hydrogens is 435 g/mol. The van der Waals surface area contributed by atoms with Crippen LogP contribution >= 0.6 is 35.7 Å². The van der Waals surface area contributed by atoms with E-state index in [1.54, 1.807) is 0 Å². The van der Waals surface area contributed by atoms with Crippen molar-refractivity contribution in [1.82, 2.24) is 16.0 Å². The number of nitrogens with one attached hydrogen (secondary N) is 3. The molecule has 0 heterocycles. The van der Waals surface area contributed by atoms with Crippen molar-refractivity contribution >= 4 is 47.6 Å². The van der Waals surface area contributed by atoms with Crippen LogP contribution in [0.3, 0.4) is 0 Å². The molecular formula is C17H35IN4OS. The molecule has 5 nitrogen and oxygen atoms in total. The van der Waals surface area contributed by atoms with Crippen LogP contribution in [0.25, 0.3) is 0 Å². The fourth-order valence-corrected chi connectivity index (χ4v) is 3.22. The van der Waals surface area contributed by atoms with Crippen LogP contribution in [0, 0.1) is 0 Å². The minimum Gasteiger partial charge on any atom is -0.357 e. The standard InChI is InChI=1S/C17H34N4OS.HI/c1-3-18-17(19-12-7-8-14-23-2)20-13-11-16(22)21-15-9-5-4-6-10-15;/h15H,3-14H2,1-2H3,(H,21,22)(H2,18,19,20);1H. The number of guanidine groups is 1. The van der Waals surface area contributed by atoms with E-state index in [1.165, 1.54) is 31.4 Å². The molecule has 0 aromatic carbocycles. The second-order valence-corrected chi connectivity index (χ2v) is 7.03. The Morgan fingerprint density at radius 1 is 1.17 bits per heavy atom. The lowest BCUT2D eigenvalue weighted by Crippen LogP contribution is -2.41. The van der Waals surface area contributed by atoms with Crippen LogP contribution in [0.4, 0.5) is 0 Å². The van der Waals surface area contributed by atoms with Crippen molar-refractivity contribution in [3.05, 3.63) is 0 Å². The van der Waals surface area contributed by atoms with Crippen molar-refractivity contribution in [2.45, 2.75) is 64.3 Å². The second kappa shape index (κ2) is 16.3. The van der Waals surface area contributed by atoms with Crippen molar-refractivity contribution in [3.63, 3.8) is 0 Å². The van der Waals surface area contributed by atoms with E-state index in [9.17, 15) is 4.79 Å². The number of amides is 1. The minimum atomic E-state index is 0. The topological polar surface area (TPSA) is 65.5 Å². The van der Waals surface area contributed by atoms with Crippen molar-refractivity contribution < 1.29 is 4.79 Å². The van der Waals surface area contributed by atoms with E-state index >= 15 is 0 Å². The van der Waals surface area contributed by atoms with Crippen molar-refractivity contribution in [3.8, 4) is 0 Å². The van der Waals surface area contributed by atoms with Gasteiger partial charge in [-0.25, -0.2) is 0 Å². The van der Waals surface area contributed by atoms with Crippen LogP contribution in [-0.2, 0) is 4.79 Å². The fraction of sp³-hybridized carbons (Fsp3) is 0.882. The Morgan fingerprint density at radius 3 is 2.58 bits per heavy atom. The summed E-state index contributed by atoms with van der Waals surface area (Å²) < 4.78 is 0. The Bertz CT molecular complexity index is 349. The average Bonchev–Trinajstić information content (AvgIpc) is 2.55. The molecule has 0 aromatic heterocycles. The summed E-state index contributed by atoms with van der Waals surface area (Å²) in [4.78, 5) is 16.5. The predicted molar refractivity (Wildman–Crippen MR) is 117 cm³/mol. The van der Waals surface area contributed by atoms with E-state index in [2.05, 4.69) is 34.1 Å². The number of hydrogen-bond acceptors (Lipinski definition) is 3. The lowest BCUT2D eigenvalue weighted by atomic mass is 9.95. The SMILES string of the molecule is CCNC(=NCCCCSC)NCCC(=O)NC1CCCCC1.I. The highest BCUT2D eigenvalue weighted by Crippen LogP contribution is 2.17.